The third-order valence-electron chi connectivity index (χ3n) is 5.19. The van der Waals surface area contributed by atoms with E-state index in [-0.39, 0.29) is 16.8 Å². The number of carbonyl (C=O) groups is 2. The van der Waals surface area contributed by atoms with Crippen molar-refractivity contribution in [2.24, 2.45) is 0 Å². The van der Waals surface area contributed by atoms with Crippen LogP contribution in [0.25, 0.3) is 5.76 Å². The minimum Gasteiger partial charge on any atom is -0.507 e. The number of hydrogen-bond donors (Lipinski definition) is 1. The average Bonchev–Trinajstić information content (AvgIpc) is 3.09. The molecule has 4 rings (SSSR count). The molecule has 2 aromatic carbocycles. The largest absolute Gasteiger partial charge is 0.507 e. The van der Waals surface area contributed by atoms with Gasteiger partial charge in [0.25, 0.3) is 11.7 Å². The molecule has 0 bridgehead atoms. The summed E-state index contributed by atoms with van der Waals surface area (Å²) in [6.45, 7) is 0. The smallest absolute Gasteiger partial charge is 0.300 e. The normalized spacial score (nSPS) is 17.5. The van der Waals surface area contributed by atoms with Gasteiger partial charge < -0.3 is 14.6 Å². The molecule has 0 saturated carbocycles. The molecule has 1 fully saturated rings. The standard InChI is InChI=1S/C24H19FN2O5/c1-31-18-9-8-14(11-19(18)32-2)22(28)20-21(15-5-4-10-26-13-15)27(24(30)23(20)29)17-7-3-6-16(25)12-17/h3-13,21,28H,1-2H3/b22-20+. The zero-order chi connectivity index (χ0) is 22.8. The van der Waals surface area contributed by atoms with Crippen LogP contribution in [0.15, 0.2) is 72.6 Å². The number of anilines is 1. The van der Waals surface area contributed by atoms with Crippen molar-refractivity contribution < 1.29 is 28.6 Å². The molecule has 1 aliphatic heterocycles. The lowest BCUT2D eigenvalue weighted by atomic mass is 9.96. The van der Waals surface area contributed by atoms with Gasteiger partial charge in [0, 0.05) is 23.6 Å². The van der Waals surface area contributed by atoms with Crippen molar-refractivity contribution in [3.05, 3.63) is 89.5 Å². The molecule has 0 aliphatic carbocycles. The Kier molecular flexibility index (Phi) is 5.59. The number of amides is 1. The number of halogens is 1. The molecule has 162 valence electrons. The molecule has 32 heavy (non-hydrogen) atoms. The van der Waals surface area contributed by atoms with Gasteiger partial charge in [-0.2, -0.15) is 0 Å². The number of aliphatic hydroxyl groups is 1. The first-order valence-electron chi connectivity index (χ1n) is 9.65. The summed E-state index contributed by atoms with van der Waals surface area (Å²) < 4.78 is 24.4. The van der Waals surface area contributed by atoms with Crippen molar-refractivity contribution in [3.63, 3.8) is 0 Å². The zero-order valence-corrected chi connectivity index (χ0v) is 17.3. The minimum atomic E-state index is -1.00. The van der Waals surface area contributed by atoms with Crippen LogP contribution in [0.4, 0.5) is 10.1 Å². The Morgan fingerprint density at radius 2 is 1.81 bits per heavy atom. The zero-order valence-electron chi connectivity index (χ0n) is 17.3. The van der Waals surface area contributed by atoms with E-state index in [4.69, 9.17) is 9.47 Å². The maximum Gasteiger partial charge on any atom is 0.300 e. The number of aliphatic hydroxyl groups excluding tert-OH is 1. The second-order valence-corrected chi connectivity index (χ2v) is 7.01. The predicted octanol–water partition coefficient (Wildman–Crippen LogP) is 3.86. The average molecular weight is 434 g/mol. The number of ketones is 1. The number of hydrogen-bond acceptors (Lipinski definition) is 6. The van der Waals surface area contributed by atoms with E-state index in [1.54, 1.807) is 30.5 Å². The van der Waals surface area contributed by atoms with E-state index >= 15 is 0 Å². The van der Waals surface area contributed by atoms with E-state index in [1.165, 1.54) is 44.7 Å². The van der Waals surface area contributed by atoms with Crippen molar-refractivity contribution in [3.8, 4) is 11.5 Å². The minimum absolute atomic E-state index is 0.139. The fourth-order valence-electron chi connectivity index (χ4n) is 3.72. The lowest BCUT2D eigenvalue weighted by Gasteiger charge is -2.25. The Morgan fingerprint density at radius 3 is 2.47 bits per heavy atom. The summed E-state index contributed by atoms with van der Waals surface area (Å²) in [5.74, 6) is -1.95. The molecular formula is C24H19FN2O5. The molecule has 1 unspecified atom stereocenters. The summed E-state index contributed by atoms with van der Waals surface area (Å²) >= 11 is 0. The molecule has 1 aromatic heterocycles. The number of pyridine rings is 1. The maximum atomic E-state index is 13.9. The number of ether oxygens (including phenoxy) is 2. The molecule has 1 N–H and O–H groups in total. The van der Waals surface area contributed by atoms with Crippen LogP contribution >= 0.6 is 0 Å². The summed E-state index contributed by atoms with van der Waals surface area (Å²) in [6, 6.07) is 12.3. The number of rotatable bonds is 5. The van der Waals surface area contributed by atoms with Gasteiger partial charge in [-0.15, -0.1) is 0 Å². The van der Waals surface area contributed by atoms with Crippen LogP contribution in [0.2, 0.25) is 0 Å². The molecule has 1 atom stereocenters. The SMILES string of the molecule is COc1ccc(/C(O)=C2\C(=O)C(=O)N(c3cccc(F)c3)C2c2cccnc2)cc1OC. The molecule has 1 aliphatic rings. The summed E-state index contributed by atoms with van der Waals surface area (Å²) in [4.78, 5) is 31.3. The molecule has 7 nitrogen and oxygen atoms in total. The molecular weight excluding hydrogens is 415 g/mol. The number of nitrogens with zero attached hydrogens (tertiary/aromatic N) is 2. The highest BCUT2D eigenvalue weighted by molar-refractivity contribution is 6.51. The summed E-state index contributed by atoms with van der Waals surface area (Å²) in [5.41, 5.74) is 0.790. The summed E-state index contributed by atoms with van der Waals surface area (Å²) in [7, 11) is 2.92. The van der Waals surface area contributed by atoms with Gasteiger partial charge in [-0.25, -0.2) is 4.39 Å². The molecule has 0 radical (unpaired) electrons. The van der Waals surface area contributed by atoms with Crippen LogP contribution in [0.5, 0.6) is 11.5 Å². The lowest BCUT2D eigenvalue weighted by molar-refractivity contribution is -0.132. The second-order valence-electron chi connectivity index (χ2n) is 7.01. The number of methoxy groups -OCH3 is 2. The van der Waals surface area contributed by atoms with Crippen molar-refractivity contribution in [1.29, 1.82) is 0 Å². The number of benzene rings is 2. The fraction of sp³-hybridized carbons (Fsp3) is 0.125. The number of carbonyl (C=O) groups excluding carboxylic acids is 2. The highest BCUT2D eigenvalue weighted by Crippen LogP contribution is 2.42. The predicted molar refractivity (Wildman–Crippen MR) is 115 cm³/mol. The number of aromatic nitrogens is 1. The van der Waals surface area contributed by atoms with Crippen LogP contribution in [-0.4, -0.2) is 36.0 Å². The Morgan fingerprint density at radius 1 is 1.03 bits per heavy atom. The van der Waals surface area contributed by atoms with Crippen molar-refractivity contribution >= 4 is 23.1 Å². The van der Waals surface area contributed by atoms with E-state index in [0.29, 0.717) is 17.1 Å². The Bertz CT molecular complexity index is 1230. The van der Waals surface area contributed by atoms with Gasteiger partial charge in [-0.1, -0.05) is 12.1 Å². The van der Waals surface area contributed by atoms with E-state index in [1.807, 2.05) is 0 Å². The van der Waals surface area contributed by atoms with Crippen molar-refractivity contribution in [2.75, 3.05) is 19.1 Å². The molecule has 1 amide bonds. The second kappa shape index (κ2) is 8.50. The monoisotopic (exact) mass is 434 g/mol. The molecule has 3 aromatic rings. The topological polar surface area (TPSA) is 89.0 Å². The third-order valence-corrected chi connectivity index (χ3v) is 5.19. The highest BCUT2D eigenvalue weighted by Gasteiger charge is 2.47. The van der Waals surface area contributed by atoms with Gasteiger partial charge >= 0.3 is 0 Å². The molecule has 0 spiro atoms. The van der Waals surface area contributed by atoms with Gasteiger partial charge in [0.2, 0.25) is 0 Å². The fourth-order valence-corrected chi connectivity index (χ4v) is 3.72. The van der Waals surface area contributed by atoms with Gasteiger partial charge in [0.05, 0.1) is 25.8 Å². The van der Waals surface area contributed by atoms with Gasteiger partial charge in [0.15, 0.2) is 11.5 Å². The molecule has 8 heteroatoms. The van der Waals surface area contributed by atoms with Crippen LogP contribution in [0, 0.1) is 5.82 Å². The van der Waals surface area contributed by atoms with E-state index in [0.717, 1.165) is 11.0 Å². The first-order chi connectivity index (χ1) is 15.5. The summed E-state index contributed by atoms with van der Waals surface area (Å²) in [6.07, 6.45) is 3.04. The Labute approximate surface area is 183 Å². The van der Waals surface area contributed by atoms with Gasteiger partial charge in [-0.05, 0) is 48.0 Å². The van der Waals surface area contributed by atoms with Gasteiger partial charge in [0.1, 0.15) is 11.6 Å². The Balaban J connectivity index is 1.93. The molecule has 1 saturated heterocycles. The van der Waals surface area contributed by atoms with E-state index in [2.05, 4.69) is 4.98 Å². The third kappa shape index (κ3) is 3.56. The van der Waals surface area contributed by atoms with Crippen molar-refractivity contribution in [2.45, 2.75) is 6.04 Å². The van der Waals surface area contributed by atoms with E-state index < -0.39 is 29.3 Å². The number of Topliss-reactive ketones (excluding diaryl/α,β-unsaturated/α-hetero) is 1. The van der Waals surface area contributed by atoms with E-state index in [9.17, 15) is 19.1 Å². The highest BCUT2D eigenvalue weighted by atomic mass is 19.1. The first-order valence-corrected chi connectivity index (χ1v) is 9.65. The summed E-state index contributed by atoms with van der Waals surface area (Å²) in [5, 5.41) is 11.1. The Hall–Kier alpha value is -4.20. The van der Waals surface area contributed by atoms with Crippen LogP contribution < -0.4 is 14.4 Å². The maximum absolute atomic E-state index is 13.9. The van der Waals surface area contributed by atoms with Gasteiger partial charge in [-0.3, -0.25) is 19.5 Å². The van der Waals surface area contributed by atoms with Crippen LogP contribution in [0.3, 0.4) is 0 Å². The quantitative estimate of drug-likeness (QED) is 0.373. The molecule has 2 heterocycles. The van der Waals surface area contributed by atoms with Crippen LogP contribution in [-0.2, 0) is 9.59 Å². The van der Waals surface area contributed by atoms with Crippen molar-refractivity contribution in [1.82, 2.24) is 4.98 Å². The van der Waals surface area contributed by atoms with Crippen LogP contribution in [0.1, 0.15) is 17.2 Å². The first kappa shape index (κ1) is 21.0. The lowest BCUT2D eigenvalue weighted by Crippen LogP contribution is -2.29.